The second-order valence-electron chi connectivity index (χ2n) is 8.97. The fraction of sp³-hybridized carbons (Fsp3) is 0.684. The van der Waals surface area contributed by atoms with Crippen LogP contribution < -0.4 is 4.72 Å². The van der Waals surface area contributed by atoms with E-state index >= 15 is 0 Å². The average Bonchev–Trinajstić information content (AvgIpc) is 2.42. The van der Waals surface area contributed by atoms with Crippen LogP contribution in [0, 0.1) is 0 Å². The lowest BCUT2D eigenvalue weighted by Gasteiger charge is -2.41. The van der Waals surface area contributed by atoms with Crippen molar-refractivity contribution >= 4 is 19.3 Å². The molecule has 1 N–H and O–H groups in total. The Kier molecular flexibility index (Phi) is 7.01. The Morgan fingerprint density at radius 1 is 1.04 bits per heavy atom. The molecule has 0 aromatic heterocycles. The maximum atomic E-state index is 12.7. The van der Waals surface area contributed by atoms with Gasteiger partial charge in [-0.25, -0.2) is 8.93 Å². The van der Waals surface area contributed by atoms with Crippen LogP contribution in [0.1, 0.15) is 60.1 Å². The van der Waals surface area contributed by atoms with E-state index < -0.39 is 19.3 Å². The molecule has 0 spiro atoms. The number of rotatable bonds is 6. The Labute approximate surface area is 152 Å². The molecule has 3 atom stereocenters. The van der Waals surface area contributed by atoms with Gasteiger partial charge in [0, 0.05) is 0 Å². The number of hydrogen-bond donors (Lipinski definition) is 1. The monoisotopic (exact) mass is 369 g/mol. The Bertz CT molecular complexity index is 547. The molecule has 24 heavy (non-hydrogen) atoms. The van der Waals surface area contributed by atoms with Gasteiger partial charge in [-0.15, -0.1) is 0 Å². The molecule has 0 aliphatic carbocycles. The lowest BCUT2D eigenvalue weighted by atomic mass is 10.0. The van der Waals surface area contributed by atoms with Crippen LogP contribution in [0.4, 0.5) is 0 Å². The van der Waals surface area contributed by atoms with E-state index in [0.29, 0.717) is 0 Å². The average molecular weight is 370 g/mol. The Morgan fingerprint density at radius 3 is 1.96 bits per heavy atom. The number of nitrogens with one attached hydrogen (secondary N) is 1. The van der Waals surface area contributed by atoms with Crippen LogP contribution in [0.25, 0.3) is 0 Å². The topological polar surface area (TPSA) is 38.3 Å². The van der Waals surface area contributed by atoms with E-state index in [1.807, 2.05) is 39.0 Å². The van der Waals surface area contributed by atoms with Gasteiger partial charge in [0.1, 0.15) is 0 Å². The molecule has 1 aromatic rings. The minimum Gasteiger partial charge on any atom is -0.412 e. The third-order valence-corrected chi connectivity index (χ3v) is 10.9. The van der Waals surface area contributed by atoms with E-state index in [2.05, 4.69) is 57.6 Å². The third kappa shape index (κ3) is 5.79. The van der Waals surface area contributed by atoms with Gasteiger partial charge in [0.05, 0.1) is 27.9 Å². The van der Waals surface area contributed by atoms with E-state index in [9.17, 15) is 4.21 Å². The van der Waals surface area contributed by atoms with Gasteiger partial charge < -0.3 is 4.43 Å². The minimum atomic E-state index is -1.90. The molecule has 0 amide bonds. The van der Waals surface area contributed by atoms with Gasteiger partial charge in [-0.1, -0.05) is 51.1 Å². The SMILES string of the molecule is C[C@H](O[Si](C)(C)C(C)(C)C)[C@H](NS(=O)C(C)(C)C)c1ccccc1. The highest BCUT2D eigenvalue weighted by Gasteiger charge is 2.40. The molecule has 0 fully saturated rings. The molecule has 0 bridgehead atoms. The summed E-state index contributed by atoms with van der Waals surface area (Å²) in [5.41, 5.74) is 1.11. The second-order valence-corrected chi connectivity index (χ2v) is 15.7. The summed E-state index contributed by atoms with van der Waals surface area (Å²) in [4.78, 5) is 0. The quantitative estimate of drug-likeness (QED) is 0.701. The van der Waals surface area contributed by atoms with Crippen molar-refractivity contribution in [3.8, 4) is 0 Å². The predicted octanol–water partition coefficient (Wildman–Crippen LogP) is 5.19. The molecule has 1 rings (SSSR count). The first-order valence-corrected chi connectivity index (χ1v) is 12.7. The number of benzene rings is 1. The molecule has 0 aliphatic heterocycles. The molecule has 1 aromatic carbocycles. The molecule has 0 aliphatic rings. The first-order valence-electron chi connectivity index (χ1n) is 8.66. The van der Waals surface area contributed by atoms with Crippen LogP contribution in [-0.4, -0.2) is 23.4 Å². The van der Waals surface area contributed by atoms with Crippen molar-refractivity contribution in [3.63, 3.8) is 0 Å². The largest absolute Gasteiger partial charge is 0.412 e. The van der Waals surface area contributed by atoms with E-state index in [-0.39, 0.29) is 21.9 Å². The second kappa shape index (κ2) is 7.81. The highest BCUT2D eigenvalue weighted by atomic mass is 32.2. The molecule has 0 saturated carbocycles. The van der Waals surface area contributed by atoms with E-state index in [0.717, 1.165) is 5.56 Å². The van der Waals surface area contributed by atoms with Crippen molar-refractivity contribution in [3.05, 3.63) is 35.9 Å². The van der Waals surface area contributed by atoms with Crippen LogP contribution in [-0.2, 0) is 15.4 Å². The first kappa shape index (κ1) is 21.5. The predicted molar refractivity (Wildman–Crippen MR) is 108 cm³/mol. The molecule has 1 unspecified atom stereocenters. The summed E-state index contributed by atoms with van der Waals surface area (Å²) in [6, 6.07) is 10.1. The molecular formula is C19H35NO2SSi. The summed E-state index contributed by atoms with van der Waals surface area (Å²) >= 11 is 0. The minimum absolute atomic E-state index is 0.0559. The zero-order valence-electron chi connectivity index (χ0n) is 16.8. The van der Waals surface area contributed by atoms with Gasteiger partial charge in [0.25, 0.3) is 0 Å². The summed E-state index contributed by atoms with van der Waals surface area (Å²) in [7, 11) is -3.05. The first-order chi connectivity index (χ1) is 10.8. The summed E-state index contributed by atoms with van der Waals surface area (Å²) in [5, 5.41) is 0.145. The van der Waals surface area contributed by atoms with Crippen LogP contribution in [0.15, 0.2) is 30.3 Å². The van der Waals surface area contributed by atoms with Gasteiger partial charge in [-0.2, -0.15) is 0 Å². The fourth-order valence-corrected chi connectivity index (χ4v) is 4.43. The lowest BCUT2D eigenvalue weighted by Crippen LogP contribution is -2.48. The summed E-state index contributed by atoms with van der Waals surface area (Å²) in [6.07, 6.45) is -0.0559. The zero-order valence-corrected chi connectivity index (χ0v) is 18.6. The lowest BCUT2D eigenvalue weighted by molar-refractivity contribution is 0.163. The Morgan fingerprint density at radius 2 is 1.54 bits per heavy atom. The molecule has 0 saturated heterocycles. The highest BCUT2D eigenvalue weighted by Crippen LogP contribution is 2.38. The standard InChI is InChI=1S/C19H35NO2SSi/c1-15(22-24(8,9)19(5,6)7)17(16-13-11-10-12-14-16)20-23(21)18(2,3)4/h10-15,17,20H,1-9H3/t15-,17-,23?/m0/s1. The van der Waals surface area contributed by atoms with Crippen molar-refractivity contribution in [2.24, 2.45) is 0 Å². The fourth-order valence-electron chi connectivity index (χ4n) is 2.10. The van der Waals surface area contributed by atoms with Crippen LogP contribution >= 0.6 is 0 Å². The normalized spacial score (nSPS) is 17.4. The Balaban J connectivity index is 3.08. The van der Waals surface area contributed by atoms with Crippen LogP contribution in [0.2, 0.25) is 18.1 Å². The molecule has 0 radical (unpaired) electrons. The van der Waals surface area contributed by atoms with Crippen molar-refractivity contribution < 1.29 is 8.63 Å². The smallest absolute Gasteiger partial charge is 0.192 e. The van der Waals surface area contributed by atoms with E-state index in [1.165, 1.54) is 0 Å². The van der Waals surface area contributed by atoms with Crippen LogP contribution in [0.3, 0.4) is 0 Å². The van der Waals surface area contributed by atoms with Gasteiger partial charge in [-0.3, -0.25) is 0 Å². The summed E-state index contributed by atoms with van der Waals surface area (Å²) in [5.74, 6) is 0. The van der Waals surface area contributed by atoms with Crippen molar-refractivity contribution in [1.82, 2.24) is 4.72 Å². The van der Waals surface area contributed by atoms with Crippen LogP contribution in [0.5, 0.6) is 0 Å². The summed E-state index contributed by atoms with van der Waals surface area (Å²) < 4.78 is 22.2. The molecule has 0 heterocycles. The van der Waals surface area contributed by atoms with Gasteiger partial charge >= 0.3 is 0 Å². The summed E-state index contributed by atoms with van der Waals surface area (Å²) in [6.45, 7) is 19.3. The zero-order chi connectivity index (χ0) is 18.8. The Hall–Kier alpha value is -0.493. The van der Waals surface area contributed by atoms with Crippen molar-refractivity contribution in [1.29, 1.82) is 0 Å². The van der Waals surface area contributed by atoms with Crippen molar-refractivity contribution in [2.45, 2.75) is 83.5 Å². The molecule has 3 nitrogen and oxygen atoms in total. The highest BCUT2D eigenvalue weighted by molar-refractivity contribution is 7.84. The van der Waals surface area contributed by atoms with E-state index in [1.54, 1.807) is 0 Å². The molecule has 138 valence electrons. The van der Waals surface area contributed by atoms with E-state index in [4.69, 9.17) is 4.43 Å². The maximum absolute atomic E-state index is 12.7. The van der Waals surface area contributed by atoms with Gasteiger partial charge in [0.2, 0.25) is 0 Å². The van der Waals surface area contributed by atoms with Crippen molar-refractivity contribution in [2.75, 3.05) is 0 Å². The molecular weight excluding hydrogens is 334 g/mol. The number of hydrogen-bond acceptors (Lipinski definition) is 2. The maximum Gasteiger partial charge on any atom is 0.192 e. The third-order valence-electron chi connectivity index (χ3n) is 4.71. The molecule has 5 heteroatoms. The van der Waals surface area contributed by atoms with Gasteiger partial charge in [-0.05, 0) is 51.4 Å². The van der Waals surface area contributed by atoms with Gasteiger partial charge in [0.15, 0.2) is 8.32 Å².